The van der Waals surface area contributed by atoms with Crippen LogP contribution in [0.4, 0.5) is 11.4 Å². The van der Waals surface area contributed by atoms with Crippen LogP contribution < -0.4 is 19.3 Å². The summed E-state index contributed by atoms with van der Waals surface area (Å²) >= 11 is 0. The highest BCUT2D eigenvalue weighted by Crippen LogP contribution is 2.32. The Morgan fingerprint density at radius 2 is 1.74 bits per heavy atom. The molecule has 0 unspecified atom stereocenters. The van der Waals surface area contributed by atoms with Gasteiger partial charge in [0.2, 0.25) is 0 Å². The van der Waals surface area contributed by atoms with E-state index in [9.17, 15) is 0 Å². The third-order valence-electron chi connectivity index (χ3n) is 4.42. The van der Waals surface area contributed by atoms with E-state index >= 15 is 0 Å². The molecule has 3 rings (SSSR count). The van der Waals surface area contributed by atoms with Crippen LogP contribution in [0.5, 0.6) is 11.5 Å². The summed E-state index contributed by atoms with van der Waals surface area (Å²) in [7, 11) is 0. The van der Waals surface area contributed by atoms with Crippen molar-refractivity contribution in [1.82, 2.24) is 0 Å². The van der Waals surface area contributed by atoms with Crippen molar-refractivity contribution in [3.63, 3.8) is 0 Å². The van der Waals surface area contributed by atoms with Gasteiger partial charge >= 0.3 is 0 Å². The highest BCUT2D eigenvalue weighted by molar-refractivity contribution is 5.57. The van der Waals surface area contributed by atoms with Gasteiger partial charge in [0, 0.05) is 36.6 Å². The Morgan fingerprint density at radius 3 is 2.41 bits per heavy atom. The van der Waals surface area contributed by atoms with Crippen molar-refractivity contribution in [1.29, 1.82) is 0 Å². The molecule has 2 aromatic rings. The minimum absolute atomic E-state index is 0.508. The number of hydrogen-bond acceptors (Lipinski definition) is 4. The summed E-state index contributed by atoms with van der Waals surface area (Å²) in [6, 6.07) is 14.4. The van der Waals surface area contributed by atoms with Gasteiger partial charge in [-0.05, 0) is 42.5 Å². The first-order valence-electron chi connectivity index (χ1n) is 9.06. The number of rotatable bonds is 9. The molecule has 4 heteroatoms. The monoisotopic (exact) mass is 362 g/mol. The minimum Gasteiger partial charge on any atom is -0.490 e. The molecule has 0 radical (unpaired) electrons. The van der Waals surface area contributed by atoms with E-state index in [1.807, 2.05) is 30.4 Å². The van der Waals surface area contributed by atoms with Crippen LogP contribution in [0.15, 0.2) is 80.4 Å². The predicted molar refractivity (Wildman–Crippen MR) is 113 cm³/mol. The second-order valence-electron chi connectivity index (χ2n) is 6.34. The molecule has 0 saturated carbocycles. The molecule has 0 N–H and O–H groups in total. The normalized spacial score (nSPS) is 12.5. The summed E-state index contributed by atoms with van der Waals surface area (Å²) in [5, 5.41) is 0. The molecule has 2 aromatic carbocycles. The lowest BCUT2D eigenvalue weighted by molar-refractivity contribution is 0.289. The van der Waals surface area contributed by atoms with Gasteiger partial charge in [-0.15, -0.1) is 13.2 Å². The Kier molecular flexibility index (Phi) is 6.21. The molecule has 0 aromatic heterocycles. The first-order chi connectivity index (χ1) is 13.2. The SMILES string of the molecule is C=CCOc1ccc(N2COc3ccc(N(CC=C)CC=C)cc3C2)cc1. The minimum atomic E-state index is 0.508. The zero-order valence-corrected chi connectivity index (χ0v) is 15.6. The molecule has 0 atom stereocenters. The van der Waals surface area contributed by atoms with E-state index in [0.717, 1.165) is 42.5 Å². The van der Waals surface area contributed by atoms with Crippen molar-refractivity contribution < 1.29 is 9.47 Å². The molecule has 27 heavy (non-hydrogen) atoms. The molecule has 0 saturated heterocycles. The first-order valence-corrected chi connectivity index (χ1v) is 9.06. The summed E-state index contributed by atoms with van der Waals surface area (Å²) in [6.45, 7) is 14.8. The van der Waals surface area contributed by atoms with Crippen LogP contribution in [-0.2, 0) is 6.54 Å². The Labute approximate surface area is 161 Å². The van der Waals surface area contributed by atoms with E-state index in [0.29, 0.717) is 13.3 Å². The highest BCUT2D eigenvalue weighted by Gasteiger charge is 2.19. The van der Waals surface area contributed by atoms with Gasteiger partial charge in [0.15, 0.2) is 6.73 Å². The number of nitrogens with zero attached hydrogens (tertiary/aromatic N) is 2. The highest BCUT2D eigenvalue weighted by atomic mass is 16.5. The van der Waals surface area contributed by atoms with Crippen LogP contribution in [0.2, 0.25) is 0 Å². The van der Waals surface area contributed by atoms with Gasteiger partial charge in [-0.3, -0.25) is 0 Å². The van der Waals surface area contributed by atoms with Crippen LogP contribution in [0.25, 0.3) is 0 Å². The smallest absolute Gasteiger partial charge is 0.161 e. The Hall–Kier alpha value is -3.14. The van der Waals surface area contributed by atoms with Crippen molar-refractivity contribution in [2.24, 2.45) is 0 Å². The molecule has 1 heterocycles. The molecule has 0 spiro atoms. The summed E-state index contributed by atoms with van der Waals surface area (Å²) in [6.07, 6.45) is 5.55. The topological polar surface area (TPSA) is 24.9 Å². The van der Waals surface area contributed by atoms with Crippen LogP contribution in [-0.4, -0.2) is 26.4 Å². The maximum Gasteiger partial charge on any atom is 0.161 e. The molecule has 0 fully saturated rings. The molecular weight excluding hydrogens is 336 g/mol. The van der Waals surface area contributed by atoms with E-state index in [-0.39, 0.29) is 0 Å². The van der Waals surface area contributed by atoms with Crippen molar-refractivity contribution in [2.75, 3.05) is 36.2 Å². The van der Waals surface area contributed by atoms with Gasteiger partial charge in [-0.25, -0.2) is 0 Å². The second kappa shape index (κ2) is 8.99. The lowest BCUT2D eigenvalue weighted by atomic mass is 10.1. The fraction of sp³-hybridized carbons (Fsp3) is 0.217. The van der Waals surface area contributed by atoms with E-state index in [1.165, 1.54) is 5.56 Å². The average Bonchev–Trinajstić information content (AvgIpc) is 2.71. The van der Waals surface area contributed by atoms with Crippen LogP contribution >= 0.6 is 0 Å². The van der Waals surface area contributed by atoms with Gasteiger partial charge in [-0.2, -0.15) is 0 Å². The third-order valence-corrected chi connectivity index (χ3v) is 4.42. The molecule has 0 aliphatic carbocycles. The van der Waals surface area contributed by atoms with Gasteiger partial charge in [0.25, 0.3) is 0 Å². The van der Waals surface area contributed by atoms with Gasteiger partial charge in [-0.1, -0.05) is 24.8 Å². The zero-order valence-electron chi connectivity index (χ0n) is 15.6. The fourth-order valence-electron chi connectivity index (χ4n) is 3.10. The second-order valence-corrected chi connectivity index (χ2v) is 6.34. The molecule has 1 aliphatic rings. The number of hydrogen-bond donors (Lipinski definition) is 0. The van der Waals surface area contributed by atoms with Crippen LogP contribution in [0.1, 0.15) is 5.56 Å². The lowest BCUT2D eigenvalue weighted by Gasteiger charge is -2.32. The largest absolute Gasteiger partial charge is 0.490 e. The van der Waals surface area contributed by atoms with Gasteiger partial charge < -0.3 is 19.3 Å². The number of ether oxygens (including phenoxy) is 2. The first kappa shape index (κ1) is 18.6. The zero-order chi connectivity index (χ0) is 19.1. The summed E-state index contributed by atoms with van der Waals surface area (Å²) < 4.78 is 11.5. The van der Waals surface area contributed by atoms with Crippen molar-refractivity contribution in [2.45, 2.75) is 6.54 Å². The molecular formula is C23H26N2O2. The maximum absolute atomic E-state index is 5.96. The summed E-state index contributed by atoms with van der Waals surface area (Å²) in [5.74, 6) is 1.78. The quantitative estimate of drug-likeness (QED) is 0.599. The standard InChI is InChI=1S/C23H26N2O2/c1-4-13-24(14-5-2)21-9-12-23-19(16-21)17-25(18-27-23)20-7-10-22(11-8-20)26-15-6-3/h4-12,16H,1-3,13-15,17-18H2. The molecule has 4 nitrogen and oxygen atoms in total. The van der Waals surface area contributed by atoms with Gasteiger partial charge in [0.1, 0.15) is 18.1 Å². The third kappa shape index (κ3) is 4.53. The summed E-state index contributed by atoms with van der Waals surface area (Å²) in [4.78, 5) is 4.43. The van der Waals surface area contributed by atoms with Crippen LogP contribution in [0.3, 0.4) is 0 Å². The molecule has 0 bridgehead atoms. The van der Waals surface area contributed by atoms with E-state index < -0.39 is 0 Å². The van der Waals surface area contributed by atoms with Crippen molar-refractivity contribution in [3.05, 3.63) is 86.0 Å². The van der Waals surface area contributed by atoms with Gasteiger partial charge in [0.05, 0.1) is 0 Å². The van der Waals surface area contributed by atoms with E-state index in [1.54, 1.807) is 6.08 Å². The average molecular weight is 362 g/mol. The van der Waals surface area contributed by atoms with Crippen molar-refractivity contribution >= 4 is 11.4 Å². The fourth-order valence-corrected chi connectivity index (χ4v) is 3.10. The number of fused-ring (bicyclic) bond motifs is 1. The molecule has 140 valence electrons. The Balaban J connectivity index is 1.76. The molecule has 1 aliphatic heterocycles. The van der Waals surface area contributed by atoms with Crippen LogP contribution in [0, 0.1) is 0 Å². The predicted octanol–water partition coefficient (Wildman–Crippen LogP) is 4.79. The lowest BCUT2D eigenvalue weighted by Crippen LogP contribution is -2.32. The number of anilines is 2. The van der Waals surface area contributed by atoms with Crippen molar-refractivity contribution in [3.8, 4) is 11.5 Å². The Bertz CT molecular complexity index is 789. The summed E-state index contributed by atoms with van der Waals surface area (Å²) in [5.41, 5.74) is 3.42. The van der Waals surface area contributed by atoms with E-state index in [2.05, 4.69) is 53.8 Å². The Morgan fingerprint density at radius 1 is 1.00 bits per heavy atom. The van der Waals surface area contributed by atoms with E-state index in [4.69, 9.17) is 9.47 Å². The molecule has 0 amide bonds. The maximum atomic E-state index is 5.96. The number of benzene rings is 2.